The lowest BCUT2D eigenvalue weighted by Crippen LogP contribution is -2.86. The molecule has 1 aliphatic rings. The summed E-state index contributed by atoms with van der Waals surface area (Å²) in [6.45, 7) is 67.9. The molecule has 0 heterocycles. The van der Waals surface area contributed by atoms with Gasteiger partial charge in [-0.2, -0.15) is 0 Å². The van der Waals surface area contributed by atoms with E-state index in [9.17, 15) is 0 Å². The fourth-order valence-corrected chi connectivity index (χ4v) is 15.3. The van der Waals surface area contributed by atoms with Crippen molar-refractivity contribution in [3.63, 3.8) is 0 Å². The largest absolute Gasteiger partial charge is 0.0759 e. The van der Waals surface area contributed by atoms with E-state index >= 15 is 0 Å². The van der Waals surface area contributed by atoms with Crippen LogP contribution in [0.2, 0.25) is 0 Å². The van der Waals surface area contributed by atoms with Crippen molar-refractivity contribution in [2.24, 2.45) is 65.0 Å². The second-order valence-electron chi connectivity index (χ2n) is 24.6. The summed E-state index contributed by atoms with van der Waals surface area (Å²) in [6.07, 6.45) is 3.00. The fraction of sp³-hybridized carbons (Fsp3) is 0.830. The van der Waals surface area contributed by atoms with Crippen LogP contribution in [0.15, 0.2) is 42.0 Å². The lowest BCUT2D eigenvalue weighted by molar-refractivity contribution is -0.395. The maximum absolute atomic E-state index is 3.00. The van der Waals surface area contributed by atoms with E-state index in [0.717, 1.165) is 0 Å². The van der Waals surface area contributed by atoms with Gasteiger partial charge in [-0.05, 0) is 65.1 Å². The third-order valence-corrected chi connectivity index (χ3v) is 13.7. The van der Waals surface area contributed by atoms with Gasteiger partial charge in [0.05, 0.1) is 0 Å². The van der Waals surface area contributed by atoms with E-state index in [4.69, 9.17) is 0 Å². The number of rotatable bonds is 2. The summed E-state index contributed by atoms with van der Waals surface area (Å²) in [6, 6.07) is 11.6. The second kappa shape index (κ2) is 11.0. The standard InChI is InChI=1S/C47H84/c1-35(2,3)34-32-44(36(4,5)6,43(25,26)33-30-28-27-29-31-33)46(39(13,14)15,40(16,17)18)47(41(19,20)21,42(22,23)24)45(34,37(7,8)9)38(10,11)12/h27-32H,1-26H3. The number of hydrogen-bond acceptors (Lipinski definition) is 0. The molecule has 0 radical (unpaired) electrons. The average Bonchev–Trinajstić information content (AvgIpc) is 2.76. The minimum atomic E-state index is -0.298. The summed E-state index contributed by atoms with van der Waals surface area (Å²) in [5.41, 5.74) is 1.05. The van der Waals surface area contributed by atoms with Gasteiger partial charge < -0.3 is 0 Å². The van der Waals surface area contributed by atoms with Gasteiger partial charge in [-0.15, -0.1) is 0 Å². The van der Waals surface area contributed by atoms with Crippen LogP contribution in [0.5, 0.6) is 0 Å². The van der Waals surface area contributed by atoms with Crippen LogP contribution < -0.4 is 0 Å². The molecule has 0 fully saturated rings. The smallest absolute Gasteiger partial charge is 0.00972 e. The van der Waals surface area contributed by atoms with E-state index in [0.29, 0.717) is 0 Å². The first kappa shape index (κ1) is 42.1. The lowest BCUT2D eigenvalue weighted by Gasteiger charge is -2.90. The molecule has 0 saturated heterocycles. The average molecular weight is 649 g/mol. The maximum Gasteiger partial charge on any atom is 0.00972 e. The van der Waals surface area contributed by atoms with Crippen molar-refractivity contribution in [3.05, 3.63) is 47.5 Å². The summed E-state index contributed by atoms with van der Waals surface area (Å²) in [5, 5.41) is 0. The predicted octanol–water partition coefficient (Wildman–Crippen LogP) is 15.2. The highest BCUT2D eigenvalue weighted by Crippen LogP contribution is 2.93. The summed E-state index contributed by atoms with van der Waals surface area (Å²) < 4.78 is 0. The molecule has 0 N–H and O–H groups in total. The zero-order valence-electron chi connectivity index (χ0n) is 37.0. The van der Waals surface area contributed by atoms with Crippen LogP contribution in [0, 0.1) is 65.0 Å². The Morgan fingerprint density at radius 3 is 0.915 bits per heavy atom. The quantitative estimate of drug-likeness (QED) is 0.280. The minimum Gasteiger partial charge on any atom is -0.0759 e. The Bertz CT molecular complexity index is 1240. The topological polar surface area (TPSA) is 0 Å². The molecule has 2 rings (SSSR count). The number of benzene rings is 1. The third kappa shape index (κ3) is 4.99. The Kier molecular flexibility index (Phi) is 9.84. The molecular weight excluding hydrogens is 565 g/mol. The summed E-state index contributed by atoms with van der Waals surface area (Å²) >= 11 is 0. The highest BCUT2D eigenvalue weighted by molar-refractivity contribution is 5.50. The molecule has 1 aliphatic carbocycles. The van der Waals surface area contributed by atoms with Crippen molar-refractivity contribution in [1.29, 1.82) is 0 Å². The first-order chi connectivity index (χ1) is 20.2. The molecule has 47 heavy (non-hydrogen) atoms. The van der Waals surface area contributed by atoms with Gasteiger partial charge >= 0.3 is 0 Å². The summed E-state index contributed by atoms with van der Waals surface area (Å²) in [7, 11) is 0. The fourth-order valence-electron chi connectivity index (χ4n) is 15.3. The van der Waals surface area contributed by atoms with Gasteiger partial charge in [-0.25, -0.2) is 0 Å². The maximum atomic E-state index is 3.00. The Morgan fingerprint density at radius 1 is 0.362 bits per heavy atom. The van der Waals surface area contributed by atoms with E-state index in [1.807, 2.05) is 0 Å². The Labute approximate surface area is 297 Å². The molecule has 1 aromatic rings. The number of allylic oxidation sites excluding steroid dienone is 2. The molecule has 0 amide bonds. The van der Waals surface area contributed by atoms with Crippen LogP contribution in [-0.4, -0.2) is 0 Å². The van der Waals surface area contributed by atoms with Crippen LogP contribution >= 0.6 is 0 Å². The van der Waals surface area contributed by atoms with Crippen LogP contribution in [-0.2, 0) is 5.41 Å². The Balaban J connectivity index is 4.16. The van der Waals surface area contributed by atoms with Crippen LogP contribution in [0.1, 0.15) is 186 Å². The molecular formula is C47H84. The highest BCUT2D eigenvalue weighted by Gasteiger charge is 2.89. The van der Waals surface area contributed by atoms with Crippen molar-refractivity contribution in [2.45, 2.75) is 185 Å². The summed E-state index contributed by atoms with van der Waals surface area (Å²) in [5.74, 6) is 0. The van der Waals surface area contributed by atoms with Crippen LogP contribution in [0.4, 0.5) is 0 Å². The normalized spacial score (nSPS) is 23.4. The van der Waals surface area contributed by atoms with Gasteiger partial charge in [-0.3, -0.25) is 0 Å². The molecule has 0 aliphatic heterocycles. The SMILES string of the molecule is CC(C)(C)C1=CC(C(C)(C)C)(C(C)(C)c2ccccc2)C(C(C)(C)C)(C(C)(C)C)C(C(C)(C)C)(C(C)(C)C)C1(C(C)(C)C)C(C)(C)C. The van der Waals surface area contributed by atoms with Crippen LogP contribution in [0.25, 0.3) is 0 Å². The summed E-state index contributed by atoms with van der Waals surface area (Å²) in [4.78, 5) is 0. The number of hydrogen-bond donors (Lipinski definition) is 0. The van der Waals surface area contributed by atoms with E-state index in [1.165, 1.54) is 5.56 Å². The van der Waals surface area contributed by atoms with Crippen molar-refractivity contribution in [3.8, 4) is 0 Å². The van der Waals surface area contributed by atoms with Gasteiger partial charge in [0.2, 0.25) is 0 Å². The van der Waals surface area contributed by atoms with Gasteiger partial charge in [0.1, 0.15) is 0 Å². The van der Waals surface area contributed by atoms with Crippen LogP contribution in [0.3, 0.4) is 0 Å². The first-order valence-corrected chi connectivity index (χ1v) is 19.0. The zero-order valence-corrected chi connectivity index (χ0v) is 37.0. The van der Waals surface area contributed by atoms with E-state index in [2.05, 4.69) is 216 Å². The van der Waals surface area contributed by atoms with E-state index in [-0.39, 0.29) is 70.4 Å². The monoisotopic (exact) mass is 649 g/mol. The molecule has 272 valence electrons. The molecule has 1 aromatic carbocycles. The predicted molar refractivity (Wildman–Crippen MR) is 213 cm³/mol. The zero-order chi connectivity index (χ0) is 37.9. The van der Waals surface area contributed by atoms with Crippen molar-refractivity contribution in [2.75, 3.05) is 0 Å². The molecule has 0 nitrogen and oxygen atoms in total. The Morgan fingerprint density at radius 2 is 0.681 bits per heavy atom. The molecule has 0 saturated carbocycles. The third-order valence-electron chi connectivity index (χ3n) is 13.7. The molecule has 1 unspecified atom stereocenters. The molecule has 0 bridgehead atoms. The van der Waals surface area contributed by atoms with Gasteiger partial charge in [-0.1, -0.05) is 222 Å². The highest BCUT2D eigenvalue weighted by atomic mass is 14.9. The molecule has 0 aromatic heterocycles. The van der Waals surface area contributed by atoms with E-state index in [1.54, 1.807) is 5.57 Å². The Hall–Kier alpha value is -1.04. The molecule has 1 atom stereocenters. The van der Waals surface area contributed by atoms with Crippen molar-refractivity contribution >= 4 is 0 Å². The van der Waals surface area contributed by atoms with Crippen molar-refractivity contribution < 1.29 is 0 Å². The first-order valence-electron chi connectivity index (χ1n) is 19.0. The van der Waals surface area contributed by atoms with Gasteiger partial charge in [0.25, 0.3) is 0 Å². The molecule has 0 spiro atoms. The minimum absolute atomic E-state index is 0.0758. The lowest BCUT2D eigenvalue weighted by atomic mass is 9.13. The van der Waals surface area contributed by atoms with Crippen molar-refractivity contribution in [1.82, 2.24) is 0 Å². The van der Waals surface area contributed by atoms with Gasteiger partial charge in [0, 0.05) is 10.8 Å². The van der Waals surface area contributed by atoms with E-state index < -0.39 is 0 Å². The molecule has 0 heteroatoms. The van der Waals surface area contributed by atoms with Gasteiger partial charge in [0.15, 0.2) is 0 Å². The second-order valence-corrected chi connectivity index (χ2v) is 24.6.